The van der Waals surface area contributed by atoms with Gasteiger partial charge >= 0.3 is 5.97 Å². The van der Waals surface area contributed by atoms with Gasteiger partial charge in [-0.25, -0.2) is 0 Å². The molecular weight excluding hydrogens is 240 g/mol. The van der Waals surface area contributed by atoms with Gasteiger partial charge in [0.2, 0.25) is 6.04 Å². The number of unbranched alkanes of at least 4 members (excludes halogenated alkanes) is 2. The number of esters is 1. The first-order valence-electron chi connectivity index (χ1n) is 6.13. The van der Waals surface area contributed by atoms with Gasteiger partial charge in [-0.3, -0.25) is 19.7 Å². The van der Waals surface area contributed by atoms with Gasteiger partial charge in [0.1, 0.15) is 5.92 Å². The summed E-state index contributed by atoms with van der Waals surface area (Å²) in [5.74, 6) is -1.69. The van der Waals surface area contributed by atoms with Crippen molar-refractivity contribution in [2.75, 3.05) is 13.2 Å². The van der Waals surface area contributed by atoms with Crippen molar-refractivity contribution < 1.29 is 19.2 Å². The van der Waals surface area contributed by atoms with Crippen LogP contribution >= 0.6 is 0 Å². The Labute approximate surface area is 105 Å². The smallest absolute Gasteiger partial charge is 0.316 e. The Hall–Kier alpha value is -1.66. The first-order chi connectivity index (χ1) is 8.56. The predicted molar refractivity (Wildman–Crippen MR) is 62.4 cm³/mol. The van der Waals surface area contributed by atoms with Crippen molar-refractivity contribution >= 4 is 11.9 Å². The highest BCUT2D eigenvalue weighted by atomic mass is 16.6. The molecule has 7 nitrogen and oxygen atoms in total. The second-order valence-corrected chi connectivity index (χ2v) is 4.36. The third-order valence-corrected chi connectivity index (χ3v) is 2.78. The summed E-state index contributed by atoms with van der Waals surface area (Å²) in [5, 5.41) is 13.0. The summed E-state index contributed by atoms with van der Waals surface area (Å²) in [7, 11) is 0. The van der Waals surface area contributed by atoms with E-state index in [1.165, 1.54) is 0 Å². The molecule has 1 rings (SSSR count). The van der Waals surface area contributed by atoms with Gasteiger partial charge in [-0.2, -0.15) is 0 Å². The fraction of sp³-hybridized carbons (Fsp3) is 0.818. The largest absolute Gasteiger partial charge is 0.455 e. The van der Waals surface area contributed by atoms with Crippen LogP contribution in [0.5, 0.6) is 0 Å². The Balaban J connectivity index is 2.08. The summed E-state index contributed by atoms with van der Waals surface area (Å²) in [6.07, 6.45) is 3.20. The number of nitro groups is 1. The molecule has 0 bridgehead atoms. The van der Waals surface area contributed by atoms with E-state index in [0.29, 0.717) is 6.54 Å². The molecule has 0 spiro atoms. The van der Waals surface area contributed by atoms with E-state index >= 15 is 0 Å². The van der Waals surface area contributed by atoms with Crippen molar-refractivity contribution in [3.8, 4) is 0 Å². The lowest BCUT2D eigenvalue weighted by atomic mass is 10.2. The molecule has 0 aromatic rings. The molecule has 2 unspecified atom stereocenters. The highest BCUT2D eigenvalue weighted by Crippen LogP contribution is 2.33. The quantitative estimate of drug-likeness (QED) is 0.296. The predicted octanol–water partition coefficient (Wildman–Crippen LogP) is 0.501. The summed E-state index contributed by atoms with van der Waals surface area (Å²) >= 11 is 0. The van der Waals surface area contributed by atoms with Gasteiger partial charge in [-0.05, 0) is 6.42 Å². The van der Waals surface area contributed by atoms with E-state index in [1.807, 2.05) is 0 Å². The van der Waals surface area contributed by atoms with E-state index in [-0.39, 0.29) is 18.9 Å². The summed E-state index contributed by atoms with van der Waals surface area (Å²) in [4.78, 5) is 32.4. The molecule has 1 aliphatic carbocycles. The zero-order valence-electron chi connectivity index (χ0n) is 10.4. The topological polar surface area (TPSA) is 98.5 Å². The average Bonchev–Trinajstić information content (AvgIpc) is 3.12. The van der Waals surface area contributed by atoms with E-state index in [1.54, 1.807) is 0 Å². The van der Waals surface area contributed by atoms with Crippen LogP contribution in [0.2, 0.25) is 0 Å². The number of ether oxygens (including phenoxy) is 1. The van der Waals surface area contributed by atoms with E-state index in [2.05, 4.69) is 12.2 Å². The number of nitrogens with one attached hydrogen (secondary N) is 1. The maximum Gasteiger partial charge on any atom is 0.316 e. The highest BCUT2D eigenvalue weighted by molar-refractivity contribution is 5.82. The molecule has 0 radical (unpaired) electrons. The number of amides is 1. The summed E-state index contributed by atoms with van der Waals surface area (Å²) < 4.78 is 4.71. The average molecular weight is 258 g/mol. The molecule has 1 saturated carbocycles. The maximum absolute atomic E-state index is 11.3. The van der Waals surface area contributed by atoms with Gasteiger partial charge in [-0.15, -0.1) is 0 Å². The molecule has 0 aromatic heterocycles. The van der Waals surface area contributed by atoms with Crippen LogP contribution in [0.25, 0.3) is 0 Å². The first-order valence-corrected chi connectivity index (χ1v) is 6.13. The minimum absolute atomic E-state index is 0.212. The third kappa shape index (κ3) is 4.68. The van der Waals surface area contributed by atoms with Crippen LogP contribution in [0.15, 0.2) is 0 Å². The van der Waals surface area contributed by atoms with Crippen LogP contribution in [-0.2, 0) is 14.3 Å². The number of rotatable bonds is 8. The molecule has 0 heterocycles. The van der Waals surface area contributed by atoms with Crippen molar-refractivity contribution in [3.05, 3.63) is 10.1 Å². The molecule has 1 aliphatic rings. The minimum atomic E-state index is -0.829. The van der Waals surface area contributed by atoms with E-state index in [9.17, 15) is 19.7 Å². The molecule has 7 heteroatoms. The molecule has 0 aliphatic heterocycles. The van der Waals surface area contributed by atoms with Crippen LogP contribution in [0.4, 0.5) is 0 Å². The Morgan fingerprint density at radius 2 is 2.17 bits per heavy atom. The van der Waals surface area contributed by atoms with Crippen LogP contribution in [0.1, 0.15) is 32.6 Å². The number of hydrogen-bond acceptors (Lipinski definition) is 5. The lowest BCUT2D eigenvalue weighted by molar-refractivity contribution is -0.497. The van der Waals surface area contributed by atoms with Gasteiger partial charge in [0.25, 0.3) is 5.91 Å². The highest BCUT2D eigenvalue weighted by Gasteiger charge is 2.54. The Bertz CT molecular complexity index is 331. The molecule has 1 amide bonds. The molecule has 2 atom stereocenters. The van der Waals surface area contributed by atoms with Crippen LogP contribution < -0.4 is 5.32 Å². The number of carbonyl (C=O) groups is 2. The molecule has 18 heavy (non-hydrogen) atoms. The van der Waals surface area contributed by atoms with Gasteiger partial charge in [-0.1, -0.05) is 19.8 Å². The van der Waals surface area contributed by atoms with Gasteiger partial charge in [0.15, 0.2) is 6.61 Å². The molecule has 0 aromatic carbocycles. The zero-order valence-corrected chi connectivity index (χ0v) is 10.4. The Morgan fingerprint density at radius 3 is 2.72 bits per heavy atom. The lowest BCUT2D eigenvalue weighted by Gasteiger charge is -2.05. The Kier molecular flexibility index (Phi) is 5.54. The number of hydrogen-bond donors (Lipinski definition) is 1. The summed E-state index contributed by atoms with van der Waals surface area (Å²) in [6.45, 7) is 2.27. The van der Waals surface area contributed by atoms with E-state index < -0.39 is 22.9 Å². The standard InChI is InChI=1S/C11H18N2O5/c1-2-3-4-5-12-10(14)7-18-11(15)8-6-9(8)13(16)17/h8-9H,2-7H2,1H3,(H,12,14). The summed E-state index contributed by atoms with van der Waals surface area (Å²) in [6, 6.07) is -0.829. The SMILES string of the molecule is CCCCCNC(=O)COC(=O)C1CC1[N+](=O)[O-]. The van der Waals surface area contributed by atoms with Crippen molar-refractivity contribution in [3.63, 3.8) is 0 Å². The van der Waals surface area contributed by atoms with E-state index in [4.69, 9.17) is 4.74 Å². The zero-order chi connectivity index (χ0) is 13.5. The second kappa shape index (κ2) is 6.93. The molecule has 0 saturated heterocycles. The molecule has 1 fully saturated rings. The van der Waals surface area contributed by atoms with Crippen LogP contribution in [-0.4, -0.2) is 36.0 Å². The van der Waals surface area contributed by atoms with Crippen molar-refractivity contribution in [1.29, 1.82) is 0 Å². The minimum Gasteiger partial charge on any atom is -0.455 e. The van der Waals surface area contributed by atoms with Crippen LogP contribution in [0.3, 0.4) is 0 Å². The molecule has 102 valence electrons. The van der Waals surface area contributed by atoms with Crippen LogP contribution in [0, 0.1) is 16.0 Å². The number of carbonyl (C=O) groups excluding carboxylic acids is 2. The second-order valence-electron chi connectivity index (χ2n) is 4.36. The number of nitrogens with zero attached hydrogens (tertiary/aromatic N) is 1. The lowest BCUT2D eigenvalue weighted by Crippen LogP contribution is -2.30. The van der Waals surface area contributed by atoms with E-state index in [0.717, 1.165) is 19.3 Å². The summed E-state index contributed by atoms with van der Waals surface area (Å²) in [5.41, 5.74) is 0. The monoisotopic (exact) mass is 258 g/mol. The maximum atomic E-state index is 11.3. The molecular formula is C11H18N2O5. The normalized spacial score (nSPS) is 21.2. The fourth-order valence-electron chi connectivity index (χ4n) is 1.57. The molecule has 1 N–H and O–H groups in total. The van der Waals surface area contributed by atoms with Crippen molar-refractivity contribution in [2.24, 2.45) is 5.92 Å². The first kappa shape index (κ1) is 14.4. The fourth-order valence-corrected chi connectivity index (χ4v) is 1.57. The van der Waals surface area contributed by atoms with Gasteiger partial charge in [0, 0.05) is 17.9 Å². The Morgan fingerprint density at radius 1 is 1.44 bits per heavy atom. The van der Waals surface area contributed by atoms with Gasteiger partial charge < -0.3 is 10.1 Å². The van der Waals surface area contributed by atoms with Crippen molar-refractivity contribution in [1.82, 2.24) is 5.32 Å². The third-order valence-electron chi connectivity index (χ3n) is 2.78. The van der Waals surface area contributed by atoms with Crippen molar-refractivity contribution in [2.45, 2.75) is 38.6 Å². The van der Waals surface area contributed by atoms with Gasteiger partial charge in [0.05, 0.1) is 0 Å².